The summed E-state index contributed by atoms with van der Waals surface area (Å²) >= 11 is 0. The van der Waals surface area contributed by atoms with E-state index in [0.29, 0.717) is 0 Å². The summed E-state index contributed by atoms with van der Waals surface area (Å²) in [5.41, 5.74) is 0. The SMILES string of the molecule is O=[Si]([O-])[O-].[H-].[H-].[K+].[K+].[Na+].[Na+]. The van der Waals surface area contributed by atoms with Crippen LogP contribution in [0.2, 0.25) is 0 Å². The molecule has 0 fully saturated rings. The Morgan fingerprint density at radius 3 is 1.12 bits per heavy atom. The van der Waals surface area contributed by atoms with Crippen LogP contribution in [0.5, 0.6) is 0 Å². The molecule has 0 aromatic rings. The van der Waals surface area contributed by atoms with Crippen LogP contribution in [0.4, 0.5) is 0 Å². The first kappa shape index (κ1) is 29.3. The van der Waals surface area contributed by atoms with Crippen LogP contribution in [0.25, 0.3) is 0 Å². The molecule has 0 heterocycles. The molecule has 0 aromatic carbocycles. The Balaban J connectivity index is -0.00000000300. The average Bonchev–Trinajstić information content (AvgIpc) is 0.811. The summed E-state index contributed by atoms with van der Waals surface area (Å²) in [5.74, 6) is 0. The monoisotopic (exact) mass is 202 g/mol. The van der Waals surface area contributed by atoms with Gasteiger partial charge in [-0.25, -0.2) is 0 Å². The molecule has 0 rings (SSSR count). The van der Waals surface area contributed by atoms with E-state index in [0.717, 1.165) is 0 Å². The fourth-order valence-electron chi connectivity index (χ4n) is 0. The van der Waals surface area contributed by atoms with Crippen molar-refractivity contribution in [2.24, 2.45) is 0 Å². The normalized spacial score (nSPS) is 3.00. The molecule has 0 N–H and O–H groups in total. The van der Waals surface area contributed by atoms with Gasteiger partial charge in [0.1, 0.15) is 0 Å². The average molecular weight is 202 g/mol. The van der Waals surface area contributed by atoms with Crippen molar-refractivity contribution in [1.29, 1.82) is 0 Å². The predicted octanol–water partition coefficient (Wildman–Crippen LogP) is -14.6. The zero-order chi connectivity index (χ0) is 3.58. The van der Waals surface area contributed by atoms with Crippen LogP contribution < -0.4 is 171 Å². The predicted molar refractivity (Wildman–Crippen MR) is 8.66 cm³/mol. The van der Waals surface area contributed by atoms with E-state index in [1.54, 1.807) is 0 Å². The molecule has 0 aliphatic heterocycles. The molecular formula is H2K2Na2O3Si. The van der Waals surface area contributed by atoms with Gasteiger partial charge in [-0.3, -0.25) is 0 Å². The van der Waals surface area contributed by atoms with E-state index in [1.165, 1.54) is 0 Å². The minimum Gasteiger partial charge on any atom is -1.00 e. The second kappa shape index (κ2) is 22.7. The zero-order valence-corrected chi connectivity index (χ0v) is 17.0. The van der Waals surface area contributed by atoms with Crippen molar-refractivity contribution in [3.05, 3.63) is 0 Å². The summed E-state index contributed by atoms with van der Waals surface area (Å²) in [7, 11) is -3.63. The summed E-state index contributed by atoms with van der Waals surface area (Å²) in [6.07, 6.45) is 0. The maximum atomic E-state index is 8.52. The number of hydrogen-bond acceptors (Lipinski definition) is 3. The van der Waals surface area contributed by atoms with Gasteiger partial charge in [0.2, 0.25) is 0 Å². The van der Waals surface area contributed by atoms with Gasteiger partial charge in [-0.15, -0.1) is 0 Å². The van der Waals surface area contributed by atoms with Gasteiger partial charge in [0.25, 0.3) is 0 Å². The van der Waals surface area contributed by atoms with E-state index < -0.39 is 9.17 Å². The third-order valence-corrected chi connectivity index (χ3v) is 0. The minimum absolute atomic E-state index is 0. The maximum Gasteiger partial charge on any atom is 1.00 e. The van der Waals surface area contributed by atoms with Crippen molar-refractivity contribution in [3.8, 4) is 0 Å². The Morgan fingerprint density at radius 1 is 1.12 bits per heavy atom. The van der Waals surface area contributed by atoms with E-state index in [4.69, 9.17) is 14.1 Å². The zero-order valence-electron chi connectivity index (χ0n) is 7.72. The molecule has 0 atom stereocenters. The van der Waals surface area contributed by atoms with E-state index in [-0.39, 0.29) is 165 Å². The quantitative estimate of drug-likeness (QED) is 0.366. The number of rotatable bonds is 0. The first-order chi connectivity index (χ1) is 1.73. The molecule has 0 saturated heterocycles. The Labute approximate surface area is 182 Å². The molecule has 0 aliphatic rings. The van der Waals surface area contributed by atoms with Crippen molar-refractivity contribution >= 4 is 9.17 Å². The third-order valence-electron chi connectivity index (χ3n) is 0. The van der Waals surface area contributed by atoms with E-state index >= 15 is 0 Å². The van der Waals surface area contributed by atoms with Crippen molar-refractivity contribution < 1.29 is 179 Å². The fraction of sp³-hybridized carbons (Fsp3) is 0. The van der Waals surface area contributed by atoms with Gasteiger partial charge in [-0.2, -0.15) is 0 Å². The van der Waals surface area contributed by atoms with Crippen LogP contribution in [0.15, 0.2) is 0 Å². The Kier molecular flexibility index (Phi) is 82.9. The van der Waals surface area contributed by atoms with Crippen LogP contribution in [0.3, 0.4) is 0 Å². The first-order valence-corrected chi connectivity index (χ1v) is 1.84. The Hall–Kier alpha value is 4.89. The smallest absolute Gasteiger partial charge is 1.00 e. The molecule has 0 spiro atoms. The summed E-state index contributed by atoms with van der Waals surface area (Å²) < 4.78 is 8.52. The molecule has 0 saturated carbocycles. The molecule has 0 radical (unpaired) electrons. The van der Waals surface area contributed by atoms with E-state index in [1.807, 2.05) is 0 Å². The Morgan fingerprint density at radius 2 is 1.12 bits per heavy atom. The summed E-state index contributed by atoms with van der Waals surface area (Å²) in [5, 5.41) is 0. The van der Waals surface area contributed by atoms with Crippen molar-refractivity contribution in [2.75, 3.05) is 0 Å². The molecule has 28 valence electrons. The van der Waals surface area contributed by atoms with Crippen LogP contribution in [0.1, 0.15) is 2.85 Å². The summed E-state index contributed by atoms with van der Waals surface area (Å²) in [6.45, 7) is 0. The van der Waals surface area contributed by atoms with Crippen LogP contribution >= 0.6 is 0 Å². The van der Waals surface area contributed by atoms with Crippen molar-refractivity contribution in [2.45, 2.75) is 0 Å². The van der Waals surface area contributed by atoms with Gasteiger partial charge >= 0.3 is 162 Å². The number of hydrogen-bond donors (Lipinski definition) is 0. The van der Waals surface area contributed by atoms with Gasteiger partial charge in [0.05, 0.1) is 0 Å². The molecule has 0 bridgehead atoms. The van der Waals surface area contributed by atoms with E-state index in [9.17, 15) is 0 Å². The van der Waals surface area contributed by atoms with Crippen LogP contribution in [-0.2, 0) is 4.46 Å². The topological polar surface area (TPSA) is 63.2 Å². The molecule has 0 aliphatic carbocycles. The molecule has 8 heavy (non-hydrogen) atoms. The van der Waals surface area contributed by atoms with Crippen molar-refractivity contribution in [3.63, 3.8) is 0 Å². The first-order valence-electron chi connectivity index (χ1n) is 0.612. The van der Waals surface area contributed by atoms with Gasteiger partial charge in [-0.05, 0) is 0 Å². The largest absolute Gasteiger partial charge is 1.00 e. The van der Waals surface area contributed by atoms with Gasteiger partial charge in [0.15, 0.2) is 0 Å². The van der Waals surface area contributed by atoms with Crippen LogP contribution in [-0.4, -0.2) is 9.17 Å². The summed E-state index contributed by atoms with van der Waals surface area (Å²) in [4.78, 5) is 17.0. The molecule has 0 amide bonds. The molecule has 0 unspecified atom stereocenters. The van der Waals surface area contributed by atoms with Gasteiger partial charge < -0.3 is 16.9 Å². The second-order valence-electron chi connectivity index (χ2n) is 0.250. The second-order valence-corrected chi connectivity index (χ2v) is 0.750. The van der Waals surface area contributed by atoms with Gasteiger partial charge in [-0.1, -0.05) is 0 Å². The van der Waals surface area contributed by atoms with Gasteiger partial charge in [0, 0.05) is 9.17 Å². The fourth-order valence-corrected chi connectivity index (χ4v) is 0. The standard InChI is InChI=1S/2K.2Na.O3Si.2H/c;;;;1-4(2)3;;/q4*+1;-2;2*-1. The molecule has 8 heteroatoms. The maximum absolute atomic E-state index is 8.52. The summed E-state index contributed by atoms with van der Waals surface area (Å²) in [6, 6.07) is 0. The minimum atomic E-state index is -3.63. The van der Waals surface area contributed by atoms with Crippen molar-refractivity contribution in [1.82, 2.24) is 0 Å². The molecule has 3 nitrogen and oxygen atoms in total. The third kappa shape index (κ3) is 44.5. The molecular weight excluding hydrogens is 200 g/mol. The van der Waals surface area contributed by atoms with Crippen LogP contribution in [0, 0.1) is 0 Å². The molecule has 0 aromatic heterocycles. The van der Waals surface area contributed by atoms with E-state index in [2.05, 4.69) is 0 Å². The Bertz CT molecular complexity index is 45.5.